The summed E-state index contributed by atoms with van der Waals surface area (Å²) in [6.45, 7) is 12.1. The summed E-state index contributed by atoms with van der Waals surface area (Å²) < 4.78 is 29.0. The van der Waals surface area contributed by atoms with Gasteiger partial charge in [-0.15, -0.1) is 0 Å². The van der Waals surface area contributed by atoms with Crippen LogP contribution in [-0.2, 0) is 10.2 Å². The van der Waals surface area contributed by atoms with Crippen molar-refractivity contribution >= 4 is 23.4 Å². The third kappa shape index (κ3) is 7.15. The zero-order chi connectivity index (χ0) is 27.3. The largest absolute Gasteiger partial charge is 0.322 e. The molecule has 198 valence electrons. The number of urea groups is 1. The Balaban J connectivity index is 1.84. The molecule has 0 unspecified atom stereocenters. The van der Waals surface area contributed by atoms with E-state index in [1.54, 1.807) is 4.68 Å². The highest BCUT2D eigenvalue weighted by molar-refractivity contribution is 5.96. The lowest BCUT2D eigenvalue weighted by atomic mass is 9.92. The molecule has 3 aromatic rings. The van der Waals surface area contributed by atoms with Gasteiger partial charge in [-0.2, -0.15) is 5.10 Å². The third-order valence-corrected chi connectivity index (χ3v) is 5.90. The molecule has 2 N–H and O–H groups in total. The summed E-state index contributed by atoms with van der Waals surface area (Å²) in [4.78, 5) is 27.3. The molecule has 37 heavy (non-hydrogen) atoms. The van der Waals surface area contributed by atoms with Gasteiger partial charge in [-0.1, -0.05) is 51.8 Å². The number of nitrogens with one attached hydrogen (secondary N) is 2. The van der Waals surface area contributed by atoms with Gasteiger partial charge in [-0.3, -0.25) is 4.79 Å². The first kappa shape index (κ1) is 27.8. The van der Waals surface area contributed by atoms with Crippen molar-refractivity contribution in [2.24, 2.45) is 0 Å². The van der Waals surface area contributed by atoms with Crippen LogP contribution in [0.5, 0.6) is 0 Å². The number of aromatic nitrogens is 2. The van der Waals surface area contributed by atoms with E-state index in [0.29, 0.717) is 24.8 Å². The van der Waals surface area contributed by atoms with E-state index in [1.807, 2.05) is 65.8 Å². The Kier molecular flexibility index (Phi) is 8.68. The molecule has 1 aromatic heterocycles. The van der Waals surface area contributed by atoms with Gasteiger partial charge in [0.1, 0.15) is 24.0 Å². The number of hydrogen-bond donors (Lipinski definition) is 2. The third-order valence-electron chi connectivity index (χ3n) is 5.90. The molecule has 0 aliphatic heterocycles. The van der Waals surface area contributed by atoms with Crippen LogP contribution in [0.2, 0.25) is 0 Å². The molecule has 3 amide bonds. The first-order valence-corrected chi connectivity index (χ1v) is 12.4. The Morgan fingerprint density at radius 2 is 1.76 bits per heavy atom. The number of hydrogen-bond acceptors (Lipinski definition) is 3. The lowest BCUT2D eigenvalue weighted by Crippen LogP contribution is -2.41. The molecule has 0 atom stereocenters. The monoisotopic (exact) mass is 511 g/mol. The summed E-state index contributed by atoms with van der Waals surface area (Å²) in [5, 5.41) is 10.1. The lowest BCUT2D eigenvalue weighted by Gasteiger charge is -2.23. The number of rotatable bonds is 8. The van der Waals surface area contributed by atoms with Gasteiger partial charge < -0.3 is 15.5 Å². The number of amides is 3. The highest BCUT2D eigenvalue weighted by Crippen LogP contribution is 2.28. The van der Waals surface area contributed by atoms with Gasteiger partial charge in [-0.25, -0.2) is 18.3 Å². The smallest absolute Gasteiger partial charge is 0.315 e. The SMILES string of the molecule is CCCCN(CC(=O)Nc1cc(C(C)(C)C)nn1-c1ccc(C)cc1C)C(=O)Nc1ccc(F)cc1F. The maximum Gasteiger partial charge on any atom is 0.322 e. The van der Waals surface area contributed by atoms with Crippen molar-refractivity contribution in [3.63, 3.8) is 0 Å². The van der Waals surface area contributed by atoms with E-state index in [0.717, 1.165) is 41.1 Å². The zero-order valence-electron chi connectivity index (χ0n) is 22.3. The molecule has 9 heteroatoms. The number of halogens is 2. The van der Waals surface area contributed by atoms with Crippen LogP contribution in [0.15, 0.2) is 42.5 Å². The number of benzene rings is 2. The van der Waals surface area contributed by atoms with Crippen molar-refractivity contribution < 1.29 is 18.4 Å². The fourth-order valence-corrected chi connectivity index (χ4v) is 3.81. The van der Waals surface area contributed by atoms with Crippen LogP contribution in [0.3, 0.4) is 0 Å². The van der Waals surface area contributed by atoms with Gasteiger partial charge in [0.05, 0.1) is 17.1 Å². The van der Waals surface area contributed by atoms with E-state index in [4.69, 9.17) is 5.10 Å². The van der Waals surface area contributed by atoms with Crippen molar-refractivity contribution in [2.75, 3.05) is 23.7 Å². The second-order valence-corrected chi connectivity index (χ2v) is 10.2. The summed E-state index contributed by atoms with van der Waals surface area (Å²) in [6, 6.07) is 10.1. The molecule has 2 aromatic carbocycles. The van der Waals surface area contributed by atoms with Gasteiger partial charge in [-0.05, 0) is 44.0 Å². The highest BCUT2D eigenvalue weighted by atomic mass is 19.1. The van der Waals surface area contributed by atoms with E-state index >= 15 is 0 Å². The Hall–Kier alpha value is -3.75. The summed E-state index contributed by atoms with van der Waals surface area (Å²) in [7, 11) is 0. The average molecular weight is 512 g/mol. The Morgan fingerprint density at radius 3 is 2.38 bits per heavy atom. The molecule has 0 aliphatic rings. The van der Waals surface area contributed by atoms with E-state index in [1.165, 1.54) is 4.90 Å². The molecule has 1 heterocycles. The predicted molar refractivity (Wildman–Crippen MR) is 142 cm³/mol. The quantitative estimate of drug-likeness (QED) is 0.371. The van der Waals surface area contributed by atoms with Gasteiger partial charge >= 0.3 is 6.03 Å². The van der Waals surface area contributed by atoms with Crippen molar-refractivity contribution in [2.45, 2.75) is 59.8 Å². The minimum atomic E-state index is -0.889. The Morgan fingerprint density at radius 1 is 1.03 bits per heavy atom. The van der Waals surface area contributed by atoms with E-state index in [9.17, 15) is 18.4 Å². The van der Waals surface area contributed by atoms with Crippen LogP contribution in [-0.4, -0.2) is 39.7 Å². The summed E-state index contributed by atoms with van der Waals surface area (Å²) in [5.74, 6) is -1.56. The number of anilines is 2. The standard InChI is InChI=1S/C28H35F2N5O2/c1-7-8-13-34(27(37)31-22-11-10-20(29)15-21(22)30)17-26(36)32-25-16-24(28(4,5)6)33-35(25)23-12-9-18(2)14-19(23)3/h9-12,14-16H,7-8,13,17H2,1-6H3,(H,31,37)(H,32,36). The zero-order valence-corrected chi connectivity index (χ0v) is 22.3. The van der Waals surface area contributed by atoms with Crippen molar-refractivity contribution in [1.82, 2.24) is 14.7 Å². The summed E-state index contributed by atoms with van der Waals surface area (Å²) in [6.07, 6.45) is 1.45. The molecule has 0 radical (unpaired) electrons. The molecule has 7 nitrogen and oxygen atoms in total. The van der Waals surface area contributed by atoms with Gasteiger partial charge in [0.2, 0.25) is 5.91 Å². The number of carbonyl (C=O) groups excluding carboxylic acids is 2. The average Bonchev–Trinajstić information content (AvgIpc) is 3.22. The number of carbonyl (C=O) groups is 2. The van der Waals surface area contributed by atoms with E-state index in [-0.39, 0.29) is 17.6 Å². The predicted octanol–water partition coefficient (Wildman–Crippen LogP) is 6.34. The van der Waals surface area contributed by atoms with Crippen LogP contribution in [0.25, 0.3) is 5.69 Å². The second-order valence-electron chi connectivity index (χ2n) is 10.2. The van der Waals surface area contributed by atoms with Gasteiger partial charge in [0, 0.05) is 24.1 Å². The molecule has 0 saturated heterocycles. The fourth-order valence-electron chi connectivity index (χ4n) is 3.81. The minimum Gasteiger partial charge on any atom is -0.315 e. The van der Waals surface area contributed by atoms with Crippen LogP contribution in [0.4, 0.5) is 25.1 Å². The molecule has 0 aliphatic carbocycles. The highest BCUT2D eigenvalue weighted by Gasteiger charge is 2.24. The Labute approximate surface area is 216 Å². The lowest BCUT2D eigenvalue weighted by molar-refractivity contribution is -0.116. The van der Waals surface area contributed by atoms with Crippen molar-refractivity contribution in [1.29, 1.82) is 0 Å². The number of unbranched alkanes of at least 4 members (excludes halogenated alkanes) is 1. The first-order chi connectivity index (χ1) is 17.4. The topological polar surface area (TPSA) is 79.3 Å². The van der Waals surface area contributed by atoms with Crippen LogP contribution in [0, 0.1) is 25.5 Å². The number of aryl methyl sites for hydroxylation is 2. The molecule has 0 bridgehead atoms. The molecule has 3 rings (SSSR count). The fraction of sp³-hybridized carbons (Fsp3) is 0.393. The van der Waals surface area contributed by atoms with Crippen molar-refractivity contribution in [3.05, 3.63) is 70.9 Å². The van der Waals surface area contributed by atoms with Crippen molar-refractivity contribution in [3.8, 4) is 5.69 Å². The first-order valence-electron chi connectivity index (χ1n) is 12.4. The summed E-state index contributed by atoms with van der Waals surface area (Å²) in [5.41, 5.74) is 3.35. The normalized spacial score (nSPS) is 11.4. The molecular weight excluding hydrogens is 476 g/mol. The van der Waals surface area contributed by atoms with Gasteiger partial charge in [0.25, 0.3) is 0 Å². The molecule has 0 saturated carbocycles. The molecular formula is C28H35F2N5O2. The maximum absolute atomic E-state index is 14.1. The number of nitrogens with zero attached hydrogens (tertiary/aromatic N) is 3. The minimum absolute atomic E-state index is 0.156. The van der Waals surface area contributed by atoms with Crippen LogP contribution >= 0.6 is 0 Å². The second kappa shape index (κ2) is 11.5. The maximum atomic E-state index is 14.1. The molecule has 0 fully saturated rings. The van der Waals surface area contributed by atoms with E-state index < -0.39 is 23.6 Å². The molecule has 0 spiro atoms. The van der Waals surface area contributed by atoms with Crippen LogP contribution in [0.1, 0.15) is 57.4 Å². The summed E-state index contributed by atoms with van der Waals surface area (Å²) >= 11 is 0. The van der Waals surface area contributed by atoms with Crippen LogP contribution < -0.4 is 10.6 Å². The van der Waals surface area contributed by atoms with Gasteiger partial charge in [0.15, 0.2) is 0 Å². The Bertz CT molecular complexity index is 1280. The van der Waals surface area contributed by atoms with E-state index in [2.05, 4.69) is 10.6 Å².